The zero-order valence-corrected chi connectivity index (χ0v) is 21.2. The molecule has 1 aromatic carbocycles. The lowest BCUT2D eigenvalue weighted by Crippen LogP contribution is -2.37. The molecule has 12 heteroatoms. The minimum atomic E-state index is -0.343. The number of nitrogens with zero attached hydrogens (tertiary/aromatic N) is 8. The number of Topliss-reactive ketones (excluding diaryl/α,β-unsaturated/α-hetero) is 1. The van der Waals surface area contributed by atoms with E-state index in [1.807, 2.05) is 36.1 Å². The molecule has 1 saturated heterocycles. The van der Waals surface area contributed by atoms with Crippen LogP contribution in [0, 0.1) is 6.92 Å². The normalized spacial score (nSPS) is 13.5. The third kappa shape index (κ3) is 5.09. The molecule has 4 aromatic heterocycles. The Kier molecular flexibility index (Phi) is 6.51. The van der Waals surface area contributed by atoms with Crippen molar-refractivity contribution in [3.63, 3.8) is 0 Å². The van der Waals surface area contributed by atoms with Crippen LogP contribution >= 0.6 is 0 Å². The van der Waals surface area contributed by atoms with Crippen molar-refractivity contribution in [3.8, 4) is 5.82 Å². The zero-order valence-electron chi connectivity index (χ0n) is 21.2. The van der Waals surface area contributed by atoms with Gasteiger partial charge in [0.1, 0.15) is 5.69 Å². The van der Waals surface area contributed by atoms with Crippen molar-refractivity contribution < 1.29 is 14.3 Å². The molecule has 0 bridgehead atoms. The average Bonchev–Trinajstić information content (AvgIpc) is 3.62. The van der Waals surface area contributed by atoms with Crippen LogP contribution in [0.4, 0.5) is 11.6 Å². The fraction of sp³-hybridized carbons (Fsp3) is 0.222. The number of carbonyl (C=O) groups excluding carboxylic acids is 2. The van der Waals surface area contributed by atoms with Crippen LogP contribution in [0.25, 0.3) is 17.0 Å². The average molecular weight is 524 g/mol. The number of amides is 1. The molecule has 5 aromatic rings. The summed E-state index contributed by atoms with van der Waals surface area (Å²) in [6.07, 6.45) is 4.80. The predicted octanol–water partition coefficient (Wildman–Crippen LogP) is 2.69. The Bertz CT molecular complexity index is 1660. The first-order valence-corrected chi connectivity index (χ1v) is 12.5. The van der Waals surface area contributed by atoms with Gasteiger partial charge in [-0.25, -0.2) is 9.67 Å². The zero-order chi connectivity index (χ0) is 26.8. The van der Waals surface area contributed by atoms with Crippen molar-refractivity contribution in [2.24, 2.45) is 0 Å². The van der Waals surface area contributed by atoms with Gasteiger partial charge >= 0.3 is 0 Å². The van der Waals surface area contributed by atoms with Gasteiger partial charge in [0.25, 0.3) is 5.91 Å². The molecule has 5 heterocycles. The monoisotopic (exact) mass is 523 g/mol. The highest BCUT2D eigenvalue weighted by Gasteiger charge is 2.22. The number of nitrogens with one attached hydrogen (secondary N) is 1. The van der Waals surface area contributed by atoms with E-state index in [-0.39, 0.29) is 23.9 Å². The molecule has 0 spiro atoms. The molecule has 1 N–H and O–H groups in total. The number of pyridine rings is 1. The summed E-state index contributed by atoms with van der Waals surface area (Å²) in [4.78, 5) is 46.0. The lowest BCUT2D eigenvalue weighted by atomic mass is 10.2. The first kappa shape index (κ1) is 24.4. The van der Waals surface area contributed by atoms with E-state index in [0.29, 0.717) is 60.6 Å². The quantitative estimate of drug-likeness (QED) is 0.320. The van der Waals surface area contributed by atoms with Gasteiger partial charge in [0.05, 0.1) is 26.1 Å². The van der Waals surface area contributed by atoms with E-state index >= 15 is 0 Å². The summed E-state index contributed by atoms with van der Waals surface area (Å²) in [7, 11) is 0. The molecule has 1 aliphatic heterocycles. The standard InChI is InChI=1S/C27H25N9O3/c1-18-5-4-6-19(15-18)30-26(38)21-8-10-36(33-21)25-23-24(31-27(32-25)34-11-13-39-14-12-34)35(17-29-23)16-22(37)20-7-2-3-9-28-20/h2-10,15,17H,11-14,16H2,1H3,(H,30,38). The summed E-state index contributed by atoms with van der Waals surface area (Å²) >= 11 is 0. The van der Waals surface area contributed by atoms with E-state index in [1.54, 1.807) is 47.6 Å². The van der Waals surface area contributed by atoms with Crippen LogP contribution in [0.2, 0.25) is 0 Å². The van der Waals surface area contributed by atoms with Gasteiger partial charge in [0.15, 0.2) is 22.7 Å². The Balaban J connectivity index is 1.36. The molecular formula is C27H25N9O3. The second-order valence-electron chi connectivity index (χ2n) is 9.10. The molecule has 0 radical (unpaired) electrons. The van der Waals surface area contributed by atoms with Crippen molar-refractivity contribution in [1.82, 2.24) is 34.3 Å². The SMILES string of the molecule is Cc1cccc(NC(=O)c2ccn(-c3nc(N4CCOCC4)nc4c3ncn4CC(=O)c3ccccn3)n2)c1. The van der Waals surface area contributed by atoms with Crippen LogP contribution in [0.15, 0.2) is 67.3 Å². The molecule has 196 valence electrons. The minimum absolute atomic E-state index is 0.00970. The molecule has 12 nitrogen and oxygen atoms in total. The van der Waals surface area contributed by atoms with Crippen molar-refractivity contribution in [3.05, 3.63) is 84.2 Å². The fourth-order valence-corrected chi connectivity index (χ4v) is 4.34. The second kappa shape index (κ2) is 10.4. The number of hydrogen-bond donors (Lipinski definition) is 1. The van der Waals surface area contributed by atoms with Crippen LogP contribution in [0.5, 0.6) is 0 Å². The van der Waals surface area contributed by atoms with Crippen molar-refractivity contribution >= 4 is 34.5 Å². The summed E-state index contributed by atoms with van der Waals surface area (Å²) in [5.74, 6) is 0.357. The first-order valence-electron chi connectivity index (χ1n) is 12.5. The van der Waals surface area contributed by atoms with Crippen LogP contribution in [0.3, 0.4) is 0 Å². The Morgan fingerprint density at radius 1 is 1.00 bits per heavy atom. The second-order valence-corrected chi connectivity index (χ2v) is 9.10. The van der Waals surface area contributed by atoms with Crippen molar-refractivity contribution in [2.45, 2.75) is 13.5 Å². The molecule has 1 aliphatic rings. The summed E-state index contributed by atoms with van der Waals surface area (Å²) in [6, 6.07) is 14.4. The Labute approximate surface area is 223 Å². The lowest BCUT2D eigenvalue weighted by molar-refractivity contribution is 0.0967. The fourth-order valence-electron chi connectivity index (χ4n) is 4.34. The topological polar surface area (TPSA) is 133 Å². The number of hydrogen-bond acceptors (Lipinski definition) is 9. The van der Waals surface area contributed by atoms with E-state index in [4.69, 9.17) is 14.7 Å². The van der Waals surface area contributed by atoms with E-state index in [2.05, 4.69) is 20.4 Å². The van der Waals surface area contributed by atoms with Gasteiger partial charge in [-0.15, -0.1) is 0 Å². The highest BCUT2D eigenvalue weighted by molar-refractivity contribution is 6.03. The maximum Gasteiger partial charge on any atom is 0.276 e. The van der Waals surface area contributed by atoms with Gasteiger partial charge in [0.2, 0.25) is 11.7 Å². The number of anilines is 2. The van der Waals surface area contributed by atoms with E-state index < -0.39 is 0 Å². The number of aryl methyl sites for hydroxylation is 1. The lowest BCUT2D eigenvalue weighted by Gasteiger charge is -2.27. The van der Waals surface area contributed by atoms with E-state index in [1.165, 1.54) is 4.68 Å². The summed E-state index contributed by atoms with van der Waals surface area (Å²) in [5.41, 5.74) is 3.24. The van der Waals surface area contributed by atoms with Gasteiger partial charge in [-0.1, -0.05) is 18.2 Å². The maximum atomic E-state index is 12.9. The number of fused-ring (bicyclic) bond motifs is 1. The summed E-state index contributed by atoms with van der Waals surface area (Å²) in [6.45, 7) is 4.32. The van der Waals surface area contributed by atoms with Gasteiger partial charge < -0.3 is 19.5 Å². The minimum Gasteiger partial charge on any atom is -0.378 e. The first-order chi connectivity index (χ1) is 19.0. The molecule has 0 aliphatic carbocycles. The van der Waals surface area contributed by atoms with Crippen LogP contribution in [-0.2, 0) is 11.3 Å². The molecule has 39 heavy (non-hydrogen) atoms. The van der Waals surface area contributed by atoms with Gasteiger partial charge in [-0.2, -0.15) is 15.1 Å². The number of aromatic nitrogens is 7. The molecule has 0 atom stereocenters. The number of ether oxygens (including phenoxy) is 1. The van der Waals surface area contributed by atoms with Crippen LogP contribution in [-0.4, -0.2) is 72.3 Å². The van der Waals surface area contributed by atoms with Gasteiger partial charge in [-0.3, -0.25) is 14.6 Å². The number of benzene rings is 1. The maximum absolute atomic E-state index is 12.9. The van der Waals surface area contributed by atoms with E-state index in [9.17, 15) is 9.59 Å². The van der Waals surface area contributed by atoms with Crippen molar-refractivity contribution in [2.75, 3.05) is 36.5 Å². The van der Waals surface area contributed by atoms with E-state index in [0.717, 1.165) is 5.56 Å². The van der Waals surface area contributed by atoms with Crippen LogP contribution < -0.4 is 10.2 Å². The largest absolute Gasteiger partial charge is 0.378 e. The number of ketones is 1. The highest BCUT2D eigenvalue weighted by Crippen LogP contribution is 2.23. The number of imidazole rings is 1. The van der Waals surface area contributed by atoms with Gasteiger partial charge in [0, 0.05) is 31.2 Å². The number of rotatable bonds is 7. The van der Waals surface area contributed by atoms with Crippen LogP contribution in [0.1, 0.15) is 26.5 Å². The Hall–Kier alpha value is -4.97. The smallest absolute Gasteiger partial charge is 0.276 e. The van der Waals surface area contributed by atoms with Gasteiger partial charge in [-0.05, 0) is 42.8 Å². The molecule has 1 amide bonds. The molecule has 1 fully saturated rings. The van der Waals surface area contributed by atoms with Crippen molar-refractivity contribution in [1.29, 1.82) is 0 Å². The molecule has 0 saturated carbocycles. The third-order valence-electron chi connectivity index (χ3n) is 6.31. The predicted molar refractivity (Wildman–Crippen MR) is 143 cm³/mol. The Morgan fingerprint density at radius 3 is 2.67 bits per heavy atom. The number of morpholine rings is 1. The summed E-state index contributed by atoms with van der Waals surface area (Å²) in [5, 5.41) is 7.37. The number of carbonyl (C=O) groups is 2. The molecular weight excluding hydrogens is 498 g/mol. The highest BCUT2D eigenvalue weighted by atomic mass is 16.5. The molecule has 6 rings (SSSR count). The molecule has 0 unspecified atom stereocenters. The Morgan fingerprint density at radius 2 is 1.87 bits per heavy atom. The third-order valence-corrected chi connectivity index (χ3v) is 6.31. The summed E-state index contributed by atoms with van der Waals surface area (Å²) < 4.78 is 8.68.